The Labute approximate surface area is 199 Å². The van der Waals surface area contributed by atoms with Crippen molar-refractivity contribution < 1.29 is 17.6 Å². The number of benzene rings is 1. The Morgan fingerprint density at radius 1 is 0.774 bits per heavy atom. The predicted molar refractivity (Wildman–Crippen MR) is 128 cm³/mol. The van der Waals surface area contributed by atoms with Gasteiger partial charge in [-0.2, -0.15) is 8.78 Å². The van der Waals surface area contributed by atoms with E-state index >= 15 is 0 Å². The first-order chi connectivity index (χ1) is 14.8. The Hall–Kier alpha value is -0.330. The number of alkyl halides is 3. The standard InChI is InChI=1S/C26H37F4I/c1-2-5-18-8-10-19(11-9-18)6-3-4-7-20-12-14-21(15-13-20)22-16-23(27)25(24(28)17-22)26(29,30)31/h16-21H,2-15H2,1H3. The summed E-state index contributed by atoms with van der Waals surface area (Å²) in [6, 6.07) is 2.26. The molecule has 0 heterocycles. The molecule has 0 atom stereocenters. The van der Waals surface area contributed by atoms with Crippen LogP contribution in [0.5, 0.6) is 0 Å². The molecule has 0 unspecified atom stereocenters. The summed E-state index contributed by atoms with van der Waals surface area (Å²) >= 11 is 0.783. The van der Waals surface area contributed by atoms with Crippen molar-refractivity contribution in [2.45, 2.75) is 107 Å². The van der Waals surface area contributed by atoms with Gasteiger partial charge in [0.05, 0.1) is 0 Å². The van der Waals surface area contributed by atoms with Crippen LogP contribution >= 0.6 is 22.6 Å². The highest BCUT2D eigenvalue weighted by Crippen LogP contribution is 2.42. The summed E-state index contributed by atoms with van der Waals surface area (Å²) in [5.41, 5.74) is -0.582. The van der Waals surface area contributed by atoms with Gasteiger partial charge in [0.25, 0.3) is 0 Å². The Morgan fingerprint density at radius 2 is 1.19 bits per heavy atom. The van der Waals surface area contributed by atoms with Crippen LogP contribution in [-0.4, -0.2) is 0 Å². The molecule has 0 N–H and O–H groups in total. The van der Waals surface area contributed by atoms with Crippen LogP contribution in [0.4, 0.5) is 17.6 Å². The van der Waals surface area contributed by atoms with Gasteiger partial charge in [0.2, 0.25) is 0 Å². The lowest BCUT2D eigenvalue weighted by Gasteiger charge is -2.30. The fourth-order valence-electron chi connectivity index (χ4n) is 5.97. The zero-order valence-electron chi connectivity index (χ0n) is 18.8. The second-order valence-corrected chi connectivity index (χ2v) is 11.4. The summed E-state index contributed by atoms with van der Waals surface area (Å²) in [4.78, 5) is 0. The number of halogens is 5. The van der Waals surface area contributed by atoms with Crippen LogP contribution in [-0.2, 0) is 3.93 Å². The van der Waals surface area contributed by atoms with Gasteiger partial charge < -0.3 is 0 Å². The van der Waals surface area contributed by atoms with Gasteiger partial charge in [0.1, 0.15) is 17.2 Å². The Bertz CT molecular complexity index is 660. The highest BCUT2D eigenvalue weighted by atomic mass is 127. The van der Waals surface area contributed by atoms with E-state index in [0.29, 0.717) is 11.5 Å². The molecular formula is C26H37F4I. The molecule has 0 aliphatic heterocycles. The number of hydrogen-bond donors (Lipinski definition) is 0. The smallest absolute Gasteiger partial charge is 0.206 e. The molecule has 0 nitrogen and oxygen atoms in total. The van der Waals surface area contributed by atoms with Crippen LogP contribution in [0.3, 0.4) is 0 Å². The van der Waals surface area contributed by atoms with Crippen molar-refractivity contribution >= 4 is 22.6 Å². The minimum atomic E-state index is -3.53. The Balaban J connectivity index is 1.37. The van der Waals surface area contributed by atoms with Crippen molar-refractivity contribution in [3.05, 3.63) is 34.9 Å². The zero-order valence-corrected chi connectivity index (χ0v) is 20.9. The fourth-order valence-corrected chi connectivity index (χ4v) is 6.48. The summed E-state index contributed by atoms with van der Waals surface area (Å²) in [7, 11) is 0. The van der Waals surface area contributed by atoms with Gasteiger partial charge in [-0.3, -0.25) is 0 Å². The number of unbranched alkanes of at least 4 members (excludes halogenated alkanes) is 1. The molecule has 1 aromatic rings. The van der Waals surface area contributed by atoms with E-state index in [9.17, 15) is 17.6 Å². The third-order valence-electron chi connectivity index (χ3n) is 7.80. The van der Waals surface area contributed by atoms with Crippen LogP contribution in [0.1, 0.15) is 114 Å². The zero-order chi connectivity index (χ0) is 22.4. The van der Waals surface area contributed by atoms with Crippen molar-refractivity contribution in [3.63, 3.8) is 0 Å². The van der Waals surface area contributed by atoms with Crippen molar-refractivity contribution in [2.75, 3.05) is 0 Å². The maximum absolute atomic E-state index is 14.1. The van der Waals surface area contributed by atoms with Gasteiger partial charge in [-0.25, -0.2) is 8.78 Å². The lowest BCUT2D eigenvalue weighted by molar-refractivity contribution is 0.117. The quantitative estimate of drug-likeness (QED) is 0.124. The summed E-state index contributed by atoms with van der Waals surface area (Å²) in [5, 5.41) is 0. The van der Waals surface area contributed by atoms with E-state index in [2.05, 4.69) is 6.92 Å². The first kappa shape index (κ1) is 25.3. The normalized spacial score (nSPS) is 27.4. The summed E-state index contributed by atoms with van der Waals surface area (Å²) < 4.78 is 51.6. The average molecular weight is 552 g/mol. The highest BCUT2D eigenvalue weighted by Gasteiger charge is 2.35. The van der Waals surface area contributed by atoms with Crippen LogP contribution in [0.25, 0.3) is 0 Å². The molecule has 2 aliphatic rings. The lowest BCUT2D eigenvalue weighted by atomic mass is 9.76. The maximum atomic E-state index is 14.1. The van der Waals surface area contributed by atoms with Crippen LogP contribution in [0.2, 0.25) is 0 Å². The third-order valence-corrected chi connectivity index (χ3v) is 8.34. The molecule has 176 valence electrons. The summed E-state index contributed by atoms with van der Waals surface area (Å²) in [6.07, 6.45) is 17.6. The Kier molecular flexibility index (Phi) is 9.54. The molecule has 2 aliphatic carbocycles. The van der Waals surface area contributed by atoms with E-state index in [1.165, 1.54) is 64.2 Å². The molecule has 2 saturated carbocycles. The van der Waals surface area contributed by atoms with Gasteiger partial charge in [-0.1, -0.05) is 71.1 Å². The van der Waals surface area contributed by atoms with E-state index in [1.54, 1.807) is 0 Å². The summed E-state index contributed by atoms with van der Waals surface area (Å²) in [6.45, 7) is 2.29. The monoisotopic (exact) mass is 552 g/mol. The van der Waals surface area contributed by atoms with Gasteiger partial charge >= 0.3 is 3.93 Å². The second kappa shape index (κ2) is 11.7. The maximum Gasteiger partial charge on any atom is 0.327 e. The predicted octanol–water partition coefficient (Wildman–Crippen LogP) is 9.89. The van der Waals surface area contributed by atoms with Crippen LogP contribution in [0, 0.1) is 29.4 Å². The van der Waals surface area contributed by atoms with Crippen molar-refractivity contribution in [1.82, 2.24) is 0 Å². The SMILES string of the molecule is CCCC1CCC(CCCCC2CCC(c3cc(F)c(C(F)(F)I)c(F)c3)CC2)CC1. The topological polar surface area (TPSA) is 0 Å². The third kappa shape index (κ3) is 7.33. The van der Waals surface area contributed by atoms with E-state index in [4.69, 9.17) is 0 Å². The molecule has 3 rings (SSSR count). The molecule has 0 radical (unpaired) electrons. The molecule has 1 aromatic carbocycles. The van der Waals surface area contributed by atoms with E-state index in [-0.39, 0.29) is 5.92 Å². The minimum Gasteiger partial charge on any atom is -0.206 e. The number of hydrogen-bond acceptors (Lipinski definition) is 0. The van der Waals surface area contributed by atoms with Gasteiger partial charge in [0, 0.05) is 22.6 Å². The molecule has 5 heteroatoms. The molecule has 0 spiro atoms. The van der Waals surface area contributed by atoms with Crippen LogP contribution in [0.15, 0.2) is 12.1 Å². The van der Waals surface area contributed by atoms with Gasteiger partial charge in [-0.05, 0) is 67.1 Å². The van der Waals surface area contributed by atoms with E-state index in [1.807, 2.05) is 0 Å². The molecular weight excluding hydrogens is 515 g/mol. The van der Waals surface area contributed by atoms with Gasteiger partial charge in [0.15, 0.2) is 0 Å². The van der Waals surface area contributed by atoms with Crippen molar-refractivity contribution in [1.29, 1.82) is 0 Å². The van der Waals surface area contributed by atoms with Crippen LogP contribution < -0.4 is 0 Å². The Morgan fingerprint density at radius 3 is 1.61 bits per heavy atom. The number of rotatable bonds is 9. The van der Waals surface area contributed by atoms with Crippen molar-refractivity contribution in [2.24, 2.45) is 17.8 Å². The molecule has 0 aromatic heterocycles. The molecule has 2 fully saturated rings. The molecule has 0 saturated heterocycles. The molecule has 0 bridgehead atoms. The minimum absolute atomic E-state index is 0.0791. The van der Waals surface area contributed by atoms with E-state index < -0.39 is 21.1 Å². The molecule has 31 heavy (non-hydrogen) atoms. The largest absolute Gasteiger partial charge is 0.327 e. The average Bonchev–Trinajstić information content (AvgIpc) is 2.71. The lowest BCUT2D eigenvalue weighted by Crippen LogP contribution is -2.16. The fraction of sp³-hybridized carbons (Fsp3) is 0.769. The second-order valence-electron chi connectivity index (χ2n) is 10.0. The first-order valence-corrected chi connectivity index (χ1v) is 13.4. The van der Waals surface area contributed by atoms with Crippen molar-refractivity contribution in [3.8, 4) is 0 Å². The first-order valence-electron chi connectivity index (χ1n) is 12.3. The van der Waals surface area contributed by atoms with Gasteiger partial charge in [-0.15, -0.1) is 0 Å². The van der Waals surface area contributed by atoms with E-state index in [0.717, 1.165) is 72.2 Å². The molecule has 0 amide bonds. The summed E-state index contributed by atoms with van der Waals surface area (Å²) in [5.74, 6) is 0.444. The highest BCUT2D eigenvalue weighted by molar-refractivity contribution is 14.1.